The van der Waals surface area contributed by atoms with E-state index in [1.54, 1.807) is 0 Å². The van der Waals surface area contributed by atoms with E-state index in [9.17, 15) is 55.9 Å². The van der Waals surface area contributed by atoms with Gasteiger partial charge in [0.05, 0.1) is 29.8 Å². The highest BCUT2D eigenvalue weighted by Gasteiger charge is 2.54. The van der Waals surface area contributed by atoms with Crippen LogP contribution in [0, 0.1) is 0 Å². The van der Waals surface area contributed by atoms with Crippen LogP contribution in [0.4, 0.5) is 0 Å². The summed E-state index contributed by atoms with van der Waals surface area (Å²) in [5, 5.41) is 105. The standard InChI is InChI=1S/C27H30O14/c1-10-6-16(30)27(37,38)25(39-10)18-19(32)15(24-26(35,36)17(31)7-13(9-28)40-24)8-14-20(33)21(34)22(41-23(14)18)11-2-4-12(29)5-3-11/h2-5,8,10,13,16-17,24-25,28-32,34-38H,6-7,9H2,1H3/t10-,13+,16+,17+,24-,25-/m0/s1. The van der Waals surface area contributed by atoms with Crippen molar-refractivity contribution in [1.29, 1.82) is 0 Å². The van der Waals surface area contributed by atoms with Gasteiger partial charge in [-0.2, -0.15) is 0 Å². The highest BCUT2D eigenvalue weighted by molar-refractivity contribution is 5.88. The first-order valence-electron chi connectivity index (χ1n) is 12.7. The fourth-order valence-corrected chi connectivity index (χ4v) is 5.30. The zero-order chi connectivity index (χ0) is 30.0. The molecule has 0 aliphatic carbocycles. The molecule has 14 heteroatoms. The molecule has 0 amide bonds. The van der Waals surface area contributed by atoms with Crippen LogP contribution in [0.3, 0.4) is 0 Å². The molecule has 0 bridgehead atoms. The first kappa shape index (κ1) is 29.2. The second-order valence-electron chi connectivity index (χ2n) is 10.5. The van der Waals surface area contributed by atoms with Crippen LogP contribution in [-0.2, 0) is 9.47 Å². The molecule has 0 unspecified atom stereocenters. The normalized spacial score (nSPS) is 29.5. The van der Waals surface area contributed by atoms with Crippen LogP contribution in [0.25, 0.3) is 22.3 Å². The van der Waals surface area contributed by atoms with Gasteiger partial charge in [-0.25, -0.2) is 0 Å². The molecule has 3 heterocycles. The van der Waals surface area contributed by atoms with E-state index in [1.807, 2.05) is 0 Å². The van der Waals surface area contributed by atoms with E-state index in [-0.39, 0.29) is 17.7 Å². The molecule has 0 spiro atoms. The minimum absolute atomic E-state index is 0.111. The number of ether oxygens (including phenoxy) is 2. The van der Waals surface area contributed by atoms with Crippen molar-refractivity contribution in [2.75, 3.05) is 6.61 Å². The smallest absolute Gasteiger partial charge is 0.235 e. The van der Waals surface area contributed by atoms with Crippen molar-refractivity contribution in [2.45, 2.75) is 68.0 Å². The van der Waals surface area contributed by atoms with E-state index in [1.165, 1.54) is 31.2 Å². The lowest BCUT2D eigenvalue weighted by Gasteiger charge is -2.44. The molecule has 14 nitrogen and oxygen atoms in total. The average molecular weight is 579 g/mol. The third-order valence-electron chi connectivity index (χ3n) is 7.57. The molecule has 10 N–H and O–H groups in total. The Bertz CT molecular complexity index is 1510. The zero-order valence-electron chi connectivity index (χ0n) is 21.6. The van der Waals surface area contributed by atoms with Gasteiger partial charge in [0.25, 0.3) is 0 Å². The maximum atomic E-state index is 13.5. The van der Waals surface area contributed by atoms with Crippen molar-refractivity contribution in [3.63, 3.8) is 0 Å². The summed E-state index contributed by atoms with van der Waals surface area (Å²) in [4.78, 5) is 13.5. The molecule has 2 saturated heterocycles. The molecule has 2 fully saturated rings. The van der Waals surface area contributed by atoms with Crippen LogP contribution in [0.5, 0.6) is 17.2 Å². The Balaban J connectivity index is 1.86. The number of benzene rings is 2. The van der Waals surface area contributed by atoms with Gasteiger partial charge in [0, 0.05) is 24.0 Å². The molecule has 41 heavy (non-hydrogen) atoms. The molecule has 0 saturated carbocycles. The van der Waals surface area contributed by atoms with Gasteiger partial charge in [-0.05, 0) is 37.3 Å². The van der Waals surface area contributed by atoms with Crippen molar-refractivity contribution in [1.82, 2.24) is 0 Å². The lowest BCUT2D eigenvalue weighted by molar-refractivity contribution is -0.328. The Hall–Kier alpha value is -3.31. The van der Waals surface area contributed by atoms with Crippen molar-refractivity contribution < 1.29 is 65.0 Å². The molecule has 2 aliphatic rings. The third kappa shape index (κ3) is 4.72. The number of hydrogen-bond acceptors (Lipinski definition) is 14. The first-order chi connectivity index (χ1) is 19.2. The topological polar surface area (TPSA) is 251 Å². The summed E-state index contributed by atoms with van der Waals surface area (Å²) < 4.78 is 17.1. The van der Waals surface area contributed by atoms with Gasteiger partial charge in [0.1, 0.15) is 41.5 Å². The molecule has 222 valence electrons. The fraction of sp³-hybridized carbons (Fsp3) is 0.444. The average Bonchev–Trinajstić information content (AvgIpc) is 2.91. The molecule has 6 atom stereocenters. The number of phenolic OH excluding ortho intramolecular Hbond substituents is 2. The van der Waals surface area contributed by atoms with Crippen LogP contribution >= 0.6 is 0 Å². The van der Waals surface area contributed by atoms with Gasteiger partial charge in [0.2, 0.25) is 22.8 Å². The quantitative estimate of drug-likeness (QED) is 0.173. The monoisotopic (exact) mass is 578 g/mol. The third-order valence-corrected chi connectivity index (χ3v) is 7.57. The van der Waals surface area contributed by atoms with E-state index in [2.05, 4.69) is 0 Å². The number of fused-ring (bicyclic) bond motifs is 1. The zero-order valence-corrected chi connectivity index (χ0v) is 21.6. The Labute approximate surface area is 231 Å². The van der Waals surface area contributed by atoms with Crippen LogP contribution in [0.1, 0.15) is 43.1 Å². The van der Waals surface area contributed by atoms with Crippen LogP contribution in [0.2, 0.25) is 0 Å². The van der Waals surface area contributed by atoms with E-state index in [0.717, 1.165) is 6.07 Å². The van der Waals surface area contributed by atoms with Crippen LogP contribution in [0.15, 0.2) is 39.5 Å². The highest BCUT2D eigenvalue weighted by atomic mass is 16.6. The lowest BCUT2D eigenvalue weighted by atomic mass is 9.84. The van der Waals surface area contributed by atoms with Gasteiger partial charge in [-0.3, -0.25) is 4.79 Å². The SMILES string of the molecule is C[C@H]1C[C@@H](O)C(O)(O)[C@H](c2c(O)c([C@@H]3O[C@@H](CO)C[C@@H](O)C3(O)O)cc3c(=O)c(O)c(-c4ccc(O)cc4)oc23)O1. The number of aromatic hydroxyl groups is 3. The summed E-state index contributed by atoms with van der Waals surface area (Å²) in [6, 6.07) is 6.03. The predicted octanol–water partition coefficient (Wildman–Crippen LogP) is -0.667. The summed E-state index contributed by atoms with van der Waals surface area (Å²) in [5.74, 6) is -8.55. The largest absolute Gasteiger partial charge is 0.508 e. The maximum absolute atomic E-state index is 13.5. The Morgan fingerprint density at radius 1 is 0.878 bits per heavy atom. The predicted molar refractivity (Wildman–Crippen MR) is 136 cm³/mol. The molecule has 3 aromatic rings. The number of hydrogen-bond donors (Lipinski definition) is 10. The van der Waals surface area contributed by atoms with E-state index in [0.29, 0.717) is 0 Å². The second-order valence-corrected chi connectivity index (χ2v) is 10.5. The minimum Gasteiger partial charge on any atom is -0.508 e. The number of phenols is 2. The lowest BCUT2D eigenvalue weighted by Crippen LogP contribution is -2.55. The van der Waals surface area contributed by atoms with Crippen molar-refractivity contribution >= 4 is 11.0 Å². The highest BCUT2D eigenvalue weighted by Crippen LogP contribution is 2.50. The number of aliphatic hydroxyl groups is 7. The van der Waals surface area contributed by atoms with Gasteiger partial charge in [0.15, 0.2) is 5.76 Å². The molecule has 2 aromatic carbocycles. The summed E-state index contributed by atoms with van der Waals surface area (Å²) >= 11 is 0. The van der Waals surface area contributed by atoms with Crippen LogP contribution < -0.4 is 5.43 Å². The molecule has 2 aliphatic heterocycles. The Morgan fingerprint density at radius 3 is 2.12 bits per heavy atom. The minimum atomic E-state index is -3.07. The van der Waals surface area contributed by atoms with E-state index >= 15 is 0 Å². The van der Waals surface area contributed by atoms with E-state index in [4.69, 9.17) is 13.9 Å². The van der Waals surface area contributed by atoms with Crippen molar-refractivity contribution in [3.8, 4) is 28.6 Å². The molecule has 5 rings (SSSR count). The Morgan fingerprint density at radius 2 is 1.49 bits per heavy atom. The van der Waals surface area contributed by atoms with Gasteiger partial charge < -0.3 is 65.0 Å². The summed E-state index contributed by atoms with van der Waals surface area (Å²) in [7, 11) is 0. The summed E-state index contributed by atoms with van der Waals surface area (Å²) in [5.41, 5.74) is -2.69. The summed E-state index contributed by atoms with van der Waals surface area (Å²) in [6.45, 7) is 0.840. The maximum Gasteiger partial charge on any atom is 0.235 e. The first-order valence-corrected chi connectivity index (χ1v) is 12.7. The van der Waals surface area contributed by atoms with Gasteiger partial charge in [-0.1, -0.05) is 0 Å². The van der Waals surface area contributed by atoms with Crippen LogP contribution in [-0.4, -0.2) is 93.7 Å². The van der Waals surface area contributed by atoms with Crippen molar-refractivity contribution in [3.05, 3.63) is 51.7 Å². The number of aliphatic hydroxyl groups excluding tert-OH is 3. The van der Waals surface area contributed by atoms with Gasteiger partial charge in [-0.15, -0.1) is 0 Å². The molecular weight excluding hydrogens is 548 g/mol. The second kappa shape index (κ2) is 10.2. The van der Waals surface area contributed by atoms with E-state index < -0.39 is 106 Å². The number of rotatable bonds is 4. The van der Waals surface area contributed by atoms with Crippen molar-refractivity contribution in [2.24, 2.45) is 0 Å². The molecular formula is C27H30O14. The van der Waals surface area contributed by atoms with Gasteiger partial charge >= 0.3 is 0 Å². The molecule has 1 aromatic heterocycles. The molecule has 0 radical (unpaired) electrons. The summed E-state index contributed by atoms with van der Waals surface area (Å²) in [6.07, 6.45) is -10.3. The fourth-order valence-electron chi connectivity index (χ4n) is 5.30. The Kier molecular flexibility index (Phi) is 7.26.